The lowest BCUT2D eigenvalue weighted by atomic mass is 9.87. The van der Waals surface area contributed by atoms with Gasteiger partial charge in [0.2, 0.25) is 5.82 Å². The zero-order chi connectivity index (χ0) is 18.1. The van der Waals surface area contributed by atoms with Crippen LogP contribution in [0.5, 0.6) is 0 Å². The number of benzene rings is 2. The molecule has 1 aliphatic heterocycles. The van der Waals surface area contributed by atoms with E-state index in [-0.39, 0.29) is 5.41 Å². The quantitative estimate of drug-likeness (QED) is 0.777. The maximum Gasteiger partial charge on any atom is 0.258 e. The van der Waals surface area contributed by atoms with Crippen molar-refractivity contribution in [1.29, 1.82) is 0 Å². The summed E-state index contributed by atoms with van der Waals surface area (Å²) in [4.78, 5) is 8.98. The predicted molar refractivity (Wildman–Crippen MR) is 103 cm³/mol. The molecule has 0 amide bonds. The Morgan fingerprint density at radius 3 is 2.15 bits per heavy atom. The van der Waals surface area contributed by atoms with Crippen molar-refractivity contribution < 1.29 is 4.52 Å². The van der Waals surface area contributed by atoms with Crippen molar-refractivity contribution in [2.24, 2.45) is 4.99 Å². The highest BCUT2D eigenvalue weighted by molar-refractivity contribution is 6.00. The highest BCUT2D eigenvalue weighted by atomic mass is 16.5. The molecule has 2 aromatic carbocycles. The molecular weight excluding hydrogens is 324 g/mol. The van der Waals surface area contributed by atoms with Gasteiger partial charge in [-0.3, -0.25) is 4.99 Å². The molecule has 1 aliphatic rings. The van der Waals surface area contributed by atoms with Crippen LogP contribution < -0.4 is 5.32 Å². The Kier molecular flexibility index (Phi) is 4.07. The van der Waals surface area contributed by atoms with E-state index in [9.17, 15) is 0 Å². The van der Waals surface area contributed by atoms with E-state index in [0.717, 1.165) is 35.6 Å². The number of amidine groups is 1. The van der Waals surface area contributed by atoms with Crippen LogP contribution in [0, 0.1) is 0 Å². The zero-order valence-electron chi connectivity index (χ0n) is 15.3. The Bertz CT molecular complexity index is 931. The number of aromatic nitrogens is 2. The molecule has 0 fully saturated rings. The number of nitrogens with one attached hydrogen (secondary N) is 1. The van der Waals surface area contributed by atoms with Gasteiger partial charge in [-0.1, -0.05) is 62.3 Å². The van der Waals surface area contributed by atoms with E-state index in [4.69, 9.17) is 4.52 Å². The van der Waals surface area contributed by atoms with Crippen molar-refractivity contribution in [3.05, 3.63) is 59.7 Å². The van der Waals surface area contributed by atoms with E-state index in [2.05, 4.69) is 53.4 Å². The first kappa shape index (κ1) is 16.5. The van der Waals surface area contributed by atoms with Crippen LogP contribution in [0.15, 0.2) is 58.0 Å². The van der Waals surface area contributed by atoms with Gasteiger partial charge in [0, 0.05) is 23.2 Å². The summed E-state index contributed by atoms with van der Waals surface area (Å²) in [6, 6.07) is 16.3. The molecular formula is C21H22N4O. The summed E-state index contributed by atoms with van der Waals surface area (Å²) < 4.78 is 5.46. The van der Waals surface area contributed by atoms with Crippen molar-refractivity contribution in [2.75, 3.05) is 13.1 Å². The average Bonchev–Trinajstić information content (AvgIpc) is 3.33. The number of nitrogens with zero attached hydrogens (tertiary/aromatic N) is 3. The van der Waals surface area contributed by atoms with Gasteiger partial charge in [-0.15, -0.1) is 0 Å². The van der Waals surface area contributed by atoms with Crippen molar-refractivity contribution in [3.63, 3.8) is 0 Å². The molecule has 0 saturated heterocycles. The molecule has 5 nitrogen and oxygen atoms in total. The molecule has 0 aliphatic carbocycles. The van der Waals surface area contributed by atoms with Crippen LogP contribution in [-0.2, 0) is 5.41 Å². The van der Waals surface area contributed by atoms with Crippen LogP contribution in [0.2, 0.25) is 0 Å². The Balaban J connectivity index is 1.56. The van der Waals surface area contributed by atoms with Crippen LogP contribution in [0.4, 0.5) is 0 Å². The van der Waals surface area contributed by atoms with Crippen LogP contribution in [0.3, 0.4) is 0 Å². The Morgan fingerprint density at radius 1 is 0.885 bits per heavy atom. The van der Waals surface area contributed by atoms with E-state index in [0.29, 0.717) is 11.7 Å². The van der Waals surface area contributed by atoms with Crippen LogP contribution in [-0.4, -0.2) is 29.1 Å². The standard InChI is InChI=1S/C21H22N4O/c1-21(2,3)17-10-8-15(9-11-17)19-24-20(26-25-19)16-6-4-14(5-7-16)18-22-12-13-23-18/h4-11H,12-13H2,1-3H3,(H,22,23). The normalized spacial score (nSPS) is 14.2. The summed E-state index contributed by atoms with van der Waals surface area (Å²) in [6.45, 7) is 8.33. The zero-order valence-corrected chi connectivity index (χ0v) is 15.3. The Labute approximate surface area is 153 Å². The fourth-order valence-electron chi connectivity index (χ4n) is 2.94. The fourth-order valence-corrected chi connectivity index (χ4v) is 2.94. The summed E-state index contributed by atoms with van der Waals surface area (Å²) in [7, 11) is 0. The minimum Gasteiger partial charge on any atom is -0.368 e. The minimum atomic E-state index is 0.126. The highest BCUT2D eigenvalue weighted by Gasteiger charge is 2.15. The Morgan fingerprint density at radius 2 is 1.54 bits per heavy atom. The van der Waals surface area contributed by atoms with Crippen molar-refractivity contribution in [3.8, 4) is 22.8 Å². The molecule has 3 aromatic rings. The summed E-state index contributed by atoms with van der Waals surface area (Å²) in [5.41, 5.74) is 4.33. The van der Waals surface area contributed by atoms with E-state index in [1.165, 1.54) is 5.56 Å². The van der Waals surface area contributed by atoms with E-state index >= 15 is 0 Å². The summed E-state index contributed by atoms with van der Waals surface area (Å²) in [5.74, 6) is 2.07. The highest BCUT2D eigenvalue weighted by Crippen LogP contribution is 2.26. The summed E-state index contributed by atoms with van der Waals surface area (Å²) in [6.07, 6.45) is 0. The van der Waals surface area contributed by atoms with Crippen molar-refractivity contribution in [1.82, 2.24) is 15.5 Å². The van der Waals surface area contributed by atoms with Gasteiger partial charge in [0.1, 0.15) is 5.84 Å². The fraction of sp³-hybridized carbons (Fsp3) is 0.286. The molecule has 5 heteroatoms. The molecule has 4 rings (SSSR count). The Hall–Kier alpha value is -2.95. The first-order valence-electron chi connectivity index (χ1n) is 8.84. The third-order valence-corrected chi connectivity index (χ3v) is 4.51. The third-order valence-electron chi connectivity index (χ3n) is 4.51. The van der Waals surface area contributed by atoms with E-state index < -0.39 is 0 Å². The molecule has 26 heavy (non-hydrogen) atoms. The maximum absolute atomic E-state index is 5.46. The van der Waals surface area contributed by atoms with Gasteiger partial charge in [-0.05, 0) is 23.1 Å². The number of hydrogen-bond acceptors (Lipinski definition) is 5. The second-order valence-corrected chi connectivity index (χ2v) is 7.48. The van der Waals surface area contributed by atoms with Gasteiger partial charge in [0.15, 0.2) is 0 Å². The first-order valence-corrected chi connectivity index (χ1v) is 8.84. The van der Waals surface area contributed by atoms with Crippen LogP contribution in [0.1, 0.15) is 31.9 Å². The van der Waals surface area contributed by atoms with Gasteiger partial charge in [0.25, 0.3) is 5.89 Å². The van der Waals surface area contributed by atoms with Crippen molar-refractivity contribution >= 4 is 5.84 Å². The lowest BCUT2D eigenvalue weighted by molar-refractivity contribution is 0.432. The van der Waals surface area contributed by atoms with Crippen LogP contribution in [0.25, 0.3) is 22.8 Å². The minimum absolute atomic E-state index is 0.126. The van der Waals surface area contributed by atoms with Gasteiger partial charge in [-0.2, -0.15) is 4.98 Å². The molecule has 0 spiro atoms. The lowest BCUT2D eigenvalue weighted by Crippen LogP contribution is -2.19. The molecule has 2 heterocycles. The second-order valence-electron chi connectivity index (χ2n) is 7.48. The SMILES string of the molecule is CC(C)(C)c1ccc(-c2noc(-c3ccc(C4=NCCN4)cc3)n2)cc1. The monoisotopic (exact) mass is 346 g/mol. The molecule has 0 radical (unpaired) electrons. The molecule has 0 unspecified atom stereocenters. The van der Waals surface area contributed by atoms with Crippen molar-refractivity contribution in [2.45, 2.75) is 26.2 Å². The number of aliphatic imine (C=N–C) groups is 1. The maximum atomic E-state index is 5.46. The molecule has 132 valence electrons. The largest absolute Gasteiger partial charge is 0.368 e. The molecule has 0 atom stereocenters. The van der Waals surface area contributed by atoms with Gasteiger partial charge >= 0.3 is 0 Å². The van der Waals surface area contributed by atoms with Gasteiger partial charge in [0.05, 0.1) is 6.54 Å². The second kappa shape index (κ2) is 6.41. The molecule has 0 saturated carbocycles. The predicted octanol–water partition coefficient (Wildman–Crippen LogP) is 4.05. The smallest absolute Gasteiger partial charge is 0.258 e. The topological polar surface area (TPSA) is 63.3 Å². The average molecular weight is 346 g/mol. The number of rotatable bonds is 3. The molecule has 1 aromatic heterocycles. The summed E-state index contributed by atoms with van der Waals surface area (Å²) in [5, 5.41) is 7.40. The third kappa shape index (κ3) is 3.25. The molecule has 1 N–H and O–H groups in total. The van der Waals surface area contributed by atoms with Gasteiger partial charge in [-0.25, -0.2) is 0 Å². The van der Waals surface area contributed by atoms with E-state index in [1.54, 1.807) is 0 Å². The van der Waals surface area contributed by atoms with E-state index in [1.807, 2.05) is 36.4 Å². The van der Waals surface area contributed by atoms with Crippen LogP contribution >= 0.6 is 0 Å². The number of hydrogen-bond donors (Lipinski definition) is 1. The first-order chi connectivity index (χ1) is 12.5. The molecule has 0 bridgehead atoms. The lowest BCUT2D eigenvalue weighted by Gasteiger charge is -2.18. The van der Waals surface area contributed by atoms with Gasteiger partial charge < -0.3 is 9.84 Å². The summed E-state index contributed by atoms with van der Waals surface area (Å²) >= 11 is 0.